The van der Waals surface area contributed by atoms with Gasteiger partial charge >= 0.3 is 6.18 Å². The number of nitrogens with two attached hydrogens (primary N) is 1. The van der Waals surface area contributed by atoms with Crippen LogP contribution >= 0.6 is 11.6 Å². The van der Waals surface area contributed by atoms with Gasteiger partial charge in [0.15, 0.2) is 0 Å². The standard InChI is InChI=1S/C12H11ClF3N3O/c1-7(11(18)20)19(6-12(14,15)16)9-3-2-8(5-17)10(13)4-9/h2-4,7H,6H2,1H3,(H2,18,20). The van der Waals surface area contributed by atoms with Crippen LogP contribution in [0.2, 0.25) is 5.02 Å². The first-order valence-electron chi connectivity index (χ1n) is 5.48. The minimum Gasteiger partial charge on any atom is -0.368 e. The van der Waals surface area contributed by atoms with E-state index < -0.39 is 24.7 Å². The fourth-order valence-corrected chi connectivity index (χ4v) is 1.79. The van der Waals surface area contributed by atoms with Gasteiger partial charge in [-0.05, 0) is 25.1 Å². The van der Waals surface area contributed by atoms with Crippen LogP contribution in [0.1, 0.15) is 12.5 Å². The van der Waals surface area contributed by atoms with Crippen LogP contribution in [0.25, 0.3) is 0 Å². The fourth-order valence-electron chi connectivity index (χ4n) is 1.57. The Kier molecular flexibility index (Phi) is 4.84. The molecule has 8 heteroatoms. The first-order chi connectivity index (χ1) is 9.15. The number of benzene rings is 1. The van der Waals surface area contributed by atoms with E-state index in [0.29, 0.717) is 0 Å². The number of carbonyl (C=O) groups is 1. The molecular formula is C12H11ClF3N3O. The molecule has 0 aliphatic rings. The quantitative estimate of drug-likeness (QED) is 0.929. The summed E-state index contributed by atoms with van der Waals surface area (Å²) in [5.41, 5.74) is 5.25. The Hall–Kier alpha value is -1.94. The molecule has 0 spiro atoms. The van der Waals surface area contributed by atoms with E-state index in [-0.39, 0.29) is 16.3 Å². The van der Waals surface area contributed by atoms with Crippen LogP contribution in [0.4, 0.5) is 18.9 Å². The van der Waals surface area contributed by atoms with E-state index in [1.807, 2.05) is 0 Å². The van der Waals surface area contributed by atoms with Gasteiger partial charge in [0.1, 0.15) is 18.7 Å². The van der Waals surface area contributed by atoms with Crippen LogP contribution in [0, 0.1) is 11.3 Å². The molecule has 1 aromatic carbocycles. The van der Waals surface area contributed by atoms with Crippen molar-refractivity contribution in [1.82, 2.24) is 0 Å². The predicted molar refractivity (Wildman–Crippen MR) is 68.2 cm³/mol. The second-order valence-corrected chi connectivity index (χ2v) is 4.50. The summed E-state index contributed by atoms with van der Waals surface area (Å²) in [6.07, 6.45) is -4.51. The lowest BCUT2D eigenvalue weighted by molar-refractivity contribution is -0.125. The molecule has 2 N–H and O–H groups in total. The molecule has 0 fully saturated rings. The van der Waals surface area contributed by atoms with E-state index in [2.05, 4.69) is 0 Å². The Balaban J connectivity index is 3.20. The lowest BCUT2D eigenvalue weighted by Gasteiger charge is -2.30. The molecule has 0 heterocycles. The molecule has 108 valence electrons. The maximum atomic E-state index is 12.6. The second kappa shape index (κ2) is 6.01. The maximum absolute atomic E-state index is 12.6. The summed E-state index contributed by atoms with van der Waals surface area (Å²) >= 11 is 5.78. The number of halogens is 4. The van der Waals surface area contributed by atoms with Crippen molar-refractivity contribution in [3.63, 3.8) is 0 Å². The summed E-state index contributed by atoms with van der Waals surface area (Å²) in [6.45, 7) is -0.0838. The Labute approximate surface area is 118 Å². The summed E-state index contributed by atoms with van der Waals surface area (Å²) in [4.78, 5) is 11.9. The van der Waals surface area contributed by atoms with Crippen molar-refractivity contribution in [1.29, 1.82) is 5.26 Å². The lowest BCUT2D eigenvalue weighted by atomic mass is 10.1. The summed E-state index contributed by atoms with van der Waals surface area (Å²) in [5, 5.41) is 8.74. The number of primary amides is 1. The fraction of sp³-hybridized carbons (Fsp3) is 0.333. The van der Waals surface area contributed by atoms with Crippen LogP contribution in [0.3, 0.4) is 0 Å². The minimum absolute atomic E-state index is 0.00819. The average molecular weight is 306 g/mol. The van der Waals surface area contributed by atoms with Gasteiger partial charge in [-0.25, -0.2) is 0 Å². The molecule has 4 nitrogen and oxygen atoms in total. The summed E-state index contributed by atoms with van der Waals surface area (Å²) in [6, 6.07) is 4.40. The van der Waals surface area contributed by atoms with Gasteiger partial charge in [0.25, 0.3) is 0 Å². The highest BCUT2D eigenvalue weighted by molar-refractivity contribution is 6.32. The highest BCUT2D eigenvalue weighted by atomic mass is 35.5. The zero-order valence-electron chi connectivity index (χ0n) is 10.4. The van der Waals surface area contributed by atoms with Gasteiger partial charge in [0.2, 0.25) is 5.91 Å². The number of alkyl halides is 3. The Morgan fingerprint density at radius 3 is 2.55 bits per heavy atom. The molecule has 1 atom stereocenters. The van der Waals surface area contributed by atoms with Crippen LogP contribution < -0.4 is 10.6 Å². The monoisotopic (exact) mass is 305 g/mol. The number of rotatable bonds is 4. The van der Waals surface area contributed by atoms with Crippen molar-refractivity contribution in [3.05, 3.63) is 28.8 Å². The van der Waals surface area contributed by atoms with E-state index in [1.165, 1.54) is 25.1 Å². The predicted octanol–water partition coefficient (Wildman–Crippen LogP) is 2.45. The molecule has 1 rings (SSSR count). The van der Waals surface area contributed by atoms with Gasteiger partial charge < -0.3 is 10.6 Å². The normalized spacial score (nSPS) is 12.6. The highest BCUT2D eigenvalue weighted by Gasteiger charge is 2.34. The van der Waals surface area contributed by atoms with Crippen molar-refractivity contribution in [2.75, 3.05) is 11.4 Å². The van der Waals surface area contributed by atoms with Crippen molar-refractivity contribution in [2.45, 2.75) is 19.1 Å². The molecule has 1 amide bonds. The lowest BCUT2D eigenvalue weighted by Crippen LogP contribution is -2.47. The Morgan fingerprint density at radius 1 is 1.55 bits per heavy atom. The average Bonchev–Trinajstić information content (AvgIpc) is 2.33. The van der Waals surface area contributed by atoms with Crippen LogP contribution in [0.5, 0.6) is 0 Å². The third-order valence-corrected chi connectivity index (χ3v) is 2.95. The smallest absolute Gasteiger partial charge is 0.368 e. The number of carbonyl (C=O) groups excluding carboxylic acids is 1. The van der Waals surface area contributed by atoms with Crippen molar-refractivity contribution < 1.29 is 18.0 Å². The molecule has 0 aromatic heterocycles. The molecule has 20 heavy (non-hydrogen) atoms. The summed E-state index contributed by atoms with van der Waals surface area (Å²) in [7, 11) is 0. The van der Waals surface area contributed by atoms with Crippen molar-refractivity contribution in [2.24, 2.45) is 5.73 Å². The van der Waals surface area contributed by atoms with Gasteiger partial charge in [-0.1, -0.05) is 11.6 Å². The molecule has 0 aliphatic carbocycles. The minimum atomic E-state index is -4.51. The van der Waals surface area contributed by atoms with E-state index in [0.717, 1.165) is 4.90 Å². The van der Waals surface area contributed by atoms with E-state index in [1.54, 1.807) is 6.07 Å². The Morgan fingerprint density at radius 2 is 2.15 bits per heavy atom. The molecule has 0 radical (unpaired) electrons. The van der Waals surface area contributed by atoms with E-state index in [4.69, 9.17) is 22.6 Å². The van der Waals surface area contributed by atoms with Crippen molar-refractivity contribution in [3.8, 4) is 6.07 Å². The number of amides is 1. The van der Waals surface area contributed by atoms with Crippen LogP contribution in [-0.4, -0.2) is 24.7 Å². The molecule has 0 bridgehead atoms. The van der Waals surface area contributed by atoms with Gasteiger partial charge in [-0.15, -0.1) is 0 Å². The van der Waals surface area contributed by atoms with Gasteiger partial charge in [0.05, 0.1) is 10.6 Å². The molecule has 1 unspecified atom stereocenters. The Bertz CT molecular complexity index is 554. The third-order valence-electron chi connectivity index (χ3n) is 2.63. The molecule has 0 saturated carbocycles. The summed E-state index contributed by atoms with van der Waals surface area (Å²) < 4.78 is 37.7. The molecular weight excluding hydrogens is 295 g/mol. The van der Waals surface area contributed by atoms with E-state index in [9.17, 15) is 18.0 Å². The SMILES string of the molecule is CC(C(N)=O)N(CC(F)(F)F)c1ccc(C#N)c(Cl)c1. The largest absolute Gasteiger partial charge is 0.405 e. The third kappa shape index (κ3) is 4.03. The van der Waals surface area contributed by atoms with Gasteiger partial charge in [-0.2, -0.15) is 18.4 Å². The van der Waals surface area contributed by atoms with Gasteiger partial charge in [0, 0.05) is 5.69 Å². The van der Waals surface area contributed by atoms with Crippen LogP contribution in [0.15, 0.2) is 18.2 Å². The topological polar surface area (TPSA) is 70.1 Å². The summed E-state index contributed by atoms with van der Waals surface area (Å²) in [5.74, 6) is -0.894. The highest BCUT2D eigenvalue weighted by Crippen LogP contribution is 2.28. The zero-order chi connectivity index (χ0) is 15.5. The van der Waals surface area contributed by atoms with E-state index >= 15 is 0 Å². The zero-order valence-corrected chi connectivity index (χ0v) is 11.2. The number of nitriles is 1. The number of hydrogen-bond acceptors (Lipinski definition) is 3. The molecule has 0 aliphatic heterocycles. The molecule has 1 aromatic rings. The number of anilines is 1. The van der Waals surface area contributed by atoms with Crippen LogP contribution in [-0.2, 0) is 4.79 Å². The van der Waals surface area contributed by atoms with Crippen molar-refractivity contribution >= 4 is 23.2 Å². The molecule has 0 saturated heterocycles. The van der Waals surface area contributed by atoms with Gasteiger partial charge in [-0.3, -0.25) is 4.79 Å². The maximum Gasteiger partial charge on any atom is 0.405 e. The first-order valence-corrected chi connectivity index (χ1v) is 5.86. The number of nitrogens with zero attached hydrogens (tertiary/aromatic N) is 2. The number of hydrogen-bond donors (Lipinski definition) is 1. The first kappa shape index (κ1) is 16.1. The second-order valence-electron chi connectivity index (χ2n) is 4.10.